The van der Waals surface area contributed by atoms with Crippen molar-refractivity contribution in [3.63, 3.8) is 0 Å². The molecule has 0 aliphatic carbocycles. The number of carbonyl (C=O) groups excluding carboxylic acids is 1. The molecule has 17 heavy (non-hydrogen) atoms. The van der Waals surface area contributed by atoms with Crippen molar-refractivity contribution in [1.82, 2.24) is 4.90 Å². The number of amides is 1. The van der Waals surface area contributed by atoms with Gasteiger partial charge in [-0.15, -0.1) is 0 Å². The quantitative estimate of drug-likeness (QED) is 0.848. The highest BCUT2D eigenvalue weighted by Crippen LogP contribution is 2.24. The van der Waals surface area contributed by atoms with E-state index in [0.29, 0.717) is 18.9 Å². The van der Waals surface area contributed by atoms with Crippen molar-refractivity contribution in [1.29, 1.82) is 0 Å². The normalized spacial score (nSPS) is 24.6. The van der Waals surface area contributed by atoms with Gasteiger partial charge in [0.1, 0.15) is 6.04 Å². The first-order chi connectivity index (χ1) is 8.09. The Morgan fingerprint density at radius 3 is 2.88 bits per heavy atom. The van der Waals surface area contributed by atoms with Gasteiger partial charge in [0.15, 0.2) is 5.76 Å². The number of likely N-dealkylation sites (tertiary alicyclic amines) is 1. The molecular formula is C12H15NO4. The van der Waals surface area contributed by atoms with Gasteiger partial charge in [-0.3, -0.25) is 4.79 Å². The van der Waals surface area contributed by atoms with E-state index in [2.05, 4.69) is 0 Å². The number of piperidine rings is 1. The molecule has 1 aromatic heterocycles. The molecule has 0 saturated carbocycles. The van der Waals surface area contributed by atoms with Crippen LogP contribution in [0.4, 0.5) is 0 Å². The van der Waals surface area contributed by atoms with Crippen LogP contribution in [0.25, 0.3) is 0 Å². The van der Waals surface area contributed by atoms with Crippen LogP contribution in [-0.2, 0) is 4.79 Å². The maximum Gasteiger partial charge on any atom is 0.326 e. The van der Waals surface area contributed by atoms with Crippen LogP contribution in [0.5, 0.6) is 0 Å². The van der Waals surface area contributed by atoms with Gasteiger partial charge < -0.3 is 14.4 Å². The van der Waals surface area contributed by atoms with E-state index in [1.54, 1.807) is 12.1 Å². The molecule has 2 unspecified atom stereocenters. The monoisotopic (exact) mass is 237 g/mol. The van der Waals surface area contributed by atoms with Crippen molar-refractivity contribution in [2.75, 3.05) is 6.54 Å². The SMILES string of the molecule is CC1CCN(C(=O)c2ccco2)C(C(=O)O)C1. The summed E-state index contributed by atoms with van der Waals surface area (Å²) in [5, 5.41) is 9.15. The van der Waals surface area contributed by atoms with E-state index in [0.717, 1.165) is 6.42 Å². The zero-order valence-electron chi connectivity index (χ0n) is 9.63. The summed E-state index contributed by atoms with van der Waals surface area (Å²) in [5.41, 5.74) is 0. The van der Waals surface area contributed by atoms with Gasteiger partial charge >= 0.3 is 5.97 Å². The number of carbonyl (C=O) groups is 2. The molecule has 1 aliphatic rings. The first-order valence-electron chi connectivity index (χ1n) is 5.67. The number of carboxylic acid groups (broad SMARTS) is 1. The molecule has 0 radical (unpaired) electrons. The third kappa shape index (κ3) is 2.33. The van der Waals surface area contributed by atoms with E-state index in [-0.39, 0.29) is 11.7 Å². The van der Waals surface area contributed by atoms with Gasteiger partial charge in [-0.05, 0) is 30.9 Å². The zero-order chi connectivity index (χ0) is 12.4. The molecule has 1 aromatic rings. The molecule has 0 aromatic carbocycles. The maximum absolute atomic E-state index is 12.1. The van der Waals surface area contributed by atoms with Crippen molar-refractivity contribution in [2.45, 2.75) is 25.8 Å². The van der Waals surface area contributed by atoms with E-state index in [4.69, 9.17) is 9.52 Å². The molecule has 2 rings (SSSR count). The molecule has 1 fully saturated rings. The largest absolute Gasteiger partial charge is 0.480 e. The Morgan fingerprint density at radius 2 is 2.29 bits per heavy atom. The fourth-order valence-electron chi connectivity index (χ4n) is 2.16. The third-order valence-electron chi connectivity index (χ3n) is 3.14. The summed E-state index contributed by atoms with van der Waals surface area (Å²) in [6.07, 6.45) is 2.74. The molecule has 0 bridgehead atoms. The van der Waals surface area contributed by atoms with E-state index < -0.39 is 12.0 Å². The average molecular weight is 237 g/mol. The van der Waals surface area contributed by atoms with Crippen LogP contribution in [-0.4, -0.2) is 34.5 Å². The number of aliphatic carboxylic acids is 1. The predicted octanol–water partition coefficient (Wildman–Crippen LogP) is 1.60. The molecule has 92 valence electrons. The minimum absolute atomic E-state index is 0.200. The van der Waals surface area contributed by atoms with Crippen LogP contribution < -0.4 is 0 Å². The van der Waals surface area contributed by atoms with Crippen LogP contribution in [0.1, 0.15) is 30.3 Å². The molecule has 1 N–H and O–H groups in total. The second-order valence-electron chi connectivity index (χ2n) is 4.46. The number of carboxylic acids is 1. The highest BCUT2D eigenvalue weighted by Gasteiger charge is 2.35. The summed E-state index contributed by atoms with van der Waals surface area (Å²) in [6.45, 7) is 2.47. The highest BCUT2D eigenvalue weighted by atomic mass is 16.4. The molecule has 2 atom stereocenters. The molecular weight excluding hydrogens is 222 g/mol. The summed E-state index contributed by atoms with van der Waals surface area (Å²) >= 11 is 0. The molecule has 1 aliphatic heterocycles. The van der Waals surface area contributed by atoms with E-state index in [1.807, 2.05) is 6.92 Å². The predicted molar refractivity (Wildman–Crippen MR) is 59.6 cm³/mol. The Balaban J connectivity index is 2.18. The van der Waals surface area contributed by atoms with Crippen molar-refractivity contribution in [3.05, 3.63) is 24.2 Å². The minimum atomic E-state index is -0.948. The molecule has 5 heteroatoms. The van der Waals surface area contributed by atoms with E-state index in [1.165, 1.54) is 11.2 Å². The Bertz CT molecular complexity index is 412. The Kier molecular flexibility index (Phi) is 3.17. The molecule has 2 heterocycles. The number of furan rings is 1. The lowest BCUT2D eigenvalue weighted by Crippen LogP contribution is -2.49. The smallest absolute Gasteiger partial charge is 0.326 e. The van der Waals surface area contributed by atoms with E-state index in [9.17, 15) is 9.59 Å². The van der Waals surface area contributed by atoms with Gasteiger partial charge in [0.25, 0.3) is 5.91 Å². The topological polar surface area (TPSA) is 70.8 Å². The molecule has 1 amide bonds. The summed E-state index contributed by atoms with van der Waals surface area (Å²) in [5.74, 6) is -0.756. The molecule has 1 saturated heterocycles. The van der Waals surface area contributed by atoms with Crippen LogP contribution in [0.15, 0.2) is 22.8 Å². The minimum Gasteiger partial charge on any atom is -0.480 e. The summed E-state index contributed by atoms with van der Waals surface area (Å²) in [7, 11) is 0. The van der Waals surface area contributed by atoms with Gasteiger partial charge in [-0.25, -0.2) is 4.79 Å². The first kappa shape index (κ1) is 11.7. The van der Waals surface area contributed by atoms with Gasteiger partial charge in [-0.2, -0.15) is 0 Å². The number of hydrogen-bond donors (Lipinski definition) is 1. The lowest BCUT2D eigenvalue weighted by molar-refractivity contribution is -0.144. The average Bonchev–Trinajstić information content (AvgIpc) is 2.81. The van der Waals surface area contributed by atoms with Crippen molar-refractivity contribution < 1.29 is 19.1 Å². The van der Waals surface area contributed by atoms with Gasteiger partial charge in [-0.1, -0.05) is 6.92 Å². The standard InChI is InChI=1S/C12H15NO4/c1-8-4-5-13(9(7-8)12(15)16)11(14)10-3-2-6-17-10/h2-3,6,8-9H,4-5,7H2,1H3,(H,15,16). The Labute approximate surface area is 99.0 Å². The van der Waals surface area contributed by atoms with Gasteiger partial charge in [0, 0.05) is 6.54 Å². The highest BCUT2D eigenvalue weighted by molar-refractivity contribution is 5.94. The lowest BCUT2D eigenvalue weighted by atomic mass is 9.92. The summed E-state index contributed by atoms with van der Waals surface area (Å²) < 4.78 is 5.02. The number of nitrogens with zero attached hydrogens (tertiary/aromatic N) is 1. The van der Waals surface area contributed by atoms with Crippen molar-refractivity contribution in [2.24, 2.45) is 5.92 Å². The van der Waals surface area contributed by atoms with Crippen LogP contribution in [0.3, 0.4) is 0 Å². The number of hydrogen-bond acceptors (Lipinski definition) is 3. The fourth-order valence-corrected chi connectivity index (χ4v) is 2.16. The van der Waals surface area contributed by atoms with E-state index >= 15 is 0 Å². The third-order valence-corrected chi connectivity index (χ3v) is 3.14. The second kappa shape index (κ2) is 4.61. The van der Waals surface area contributed by atoms with Gasteiger partial charge in [0.2, 0.25) is 0 Å². The number of rotatable bonds is 2. The molecule has 5 nitrogen and oxygen atoms in total. The maximum atomic E-state index is 12.1. The second-order valence-corrected chi connectivity index (χ2v) is 4.46. The van der Waals surface area contributed by atoms with Crippen molar-refractivity contribution >= 4 is 11.9 Å². The Morgan fingerprint density at radius 1 is 1.53 bits per heavy atom. The zero-order valence-corrected chi connectivity index (χ0v) is 9.63. The van der Waals surface area contributed by atoms with Crippen molar-refractivity contribution in [3.8, 4) is 0 Å². The lowest BCUT2D eigenvalue weighted by Gasteiger charge is -2.35. The summed E-state index contributed by atoms with van der Waals surface area (Å²) in [4.78, 5) is 24.6. The van der Waals surface area contributed by atoms with Gasteiger partial charge in [0.05, 0.1) is 6.26 Å². The van der Waals surface area contributed by atoms with Crippen LogP contribution in [0, 0.1) is 5.92 Å². The fraction of sp³-hybridized carbons (Fsp3) is 0.500. The Hall–Kier alpha value is -1.78. The van der Waals surface area contributed by atoms with Crippen LogP contribution in [0.2, 0.25) is 0 Å². The summed E-state index contributed by atoms with van der Waals surface area (Å²) in [6, 6.07) is 2.44. The molecule has 0 spiro atoms. The first-order valence-corrected chi connectivity index (χ1v) is 5.67. The van der Waals surface area contributed by atoms with Crippen LogP contribution >= 0.6 is 0 Å².